The van der Waals surface area contributed by atoms with Crippen LogP contribution in [0.5, 0.6) is 0 Å². The Bertz CT molecular complexity index is 762. The molecule has 154 valence electrons. The van der Waals surface area contributed by atoms with E-state index in [1.807, 2.05) is 26.8 Å². The van der Waals surface area contributed by atoms with Gasteiger partial charge in [-0.05, 0) is 57.5 Å². The number of carbonyl (C=O) groups is 1. The Morgan fingerprint density at radius 2 is 1.93 bits per heavy atom. The summed E-state index contributed by atoms with van der Waals surface area (Å²) in [5.41, 5.74) is 13.9. The maximum Gasteiger partial charge on any atom is 0.267 e. The number of hydrogen-bond acceptors (Lipinski definition) is 7. The van der Waals surface area contributed by atoms with Crippen LogP contribution in [0.4, 0.5) is 5.82 Å². The molecule has 1 fully saturated rings. The van der Waals surface area contributed by atoms with Gasteiger partial charge in [0.25, 0.3) is 5.91 Å². The third kappa shape index (κ3) is 5.69. The van der Waals surface area contributed by atoms with Crippen LogP contribution < -0.4 is 22.1 Å². The molecule has 1 saturated heterocycles. The van der Waals surface area contributed by atoms with Crippen LogP contribution in [0.3, 0.4) is 0 Å². The predicted molar refractivity (Wildman–Crippen MR) is 112 cm³/mol. The van der Waals surface area contributed by atoms with E-state index in [-0.39, 0.29) is 17.5 Å². The minimum Gasteiger partial charge on any atom is -0.394 e. The summed E-state index contributed by atoms with van der Waals surface area (Å²) >= 11 is 0. The smallest absolute Gasteiger partial charge is 0.267 e. The molecular formula is C20H33N7O. The second-order valence-electron chi connectivity index (χ2n) is 7.66. The van der Waals surface area contributed by atoms with E-state index in [0.29, 0.717) is 23.1 Å². The van der Waals surface area contributed by atoms with Crippen LogP contribution in [0, 0.1) is 12.8 Å². The maximum atomic E-state index is 11.9. The minimum atomic E-state index is -0.324. The molecule has 1 aromatic rings. The molecule has 0 bridgehead atoms. The van der Waals surface area contributed by atoms with Crippen molar-refractivity contribution in [2.45, 2.75) is 39.5 Å². The lowest BCUT2D eigenvalue weighted by Gasteiger charge is -2.28. The van der Waals surface area contributed by atoms with Crippen LogP contribution in [0.25, 0.3) is 0 Å². The van der Waals surface area contributed by atoms with Crippen molar-refractivity contribution >= 4 is 11.7 Å². The van der Waals surface area contributed by atoms with Crippen LogP contribution >= 0.6 is 0 Å². The number of carbonyl (C=O) groups excluding carboxylic acids is 1. The number of likely N-dealkylation sites (tertiary alicyclic amines) is 1. The number of nitrogens with zero attached hydrogens (tertiary/aromatic N) is 3. The molecule has 0 radical (unpaired) electrons. The summed E-state index contributed by atoms with van der Waals surface area (Å²) in [5, 5.41) is 5.67. The number of hydrogen-bond donors (Lipinski definition) is 4. The molecular weight excluding hydrogens is 354 g/mol. The number of anilines is 1. The van der Waals surface area contributed by atoms with Gasteiger partial charge < -0.3 is 27.0 Å². The Hall–Kier alpha value is -2.61. The van der Waals surface area contributed by atoms with Crippen molar-refractivity contribution in [3.63, 3.8) is 0 Å². The molecule has 0 aromatic carbocycles. The number of piperidine rings is 1. The molecule has 1 aliphatic heterocycles. The summed E-state index contributed by atoms with van der Waals surface area (Å²) in [6, 6.07) is 1.86. The van der Waals surface area contributed by atoms with Crippen LogP contribution in [0.2, 0.25) is 0 Å². The lowest BCUT2D eigenvalue weighted by molar-refractivity contribution is -0.117. The number of likely N-dealkylation sites (N-methyl/N-ethyl adjacent to an activating group) is 1. The van der Waals surface area contributed by atoms with Gasteiger partial charge >= 0.3 is 0 Å². The van der Waals surface area contributed by atoms with Crippen molar-refractivity contribution in [1.29, 1.82) is 0 Å². The third-order valence-electron chi connectivity index (χ3n) is 4.94. The van der Waals surface area contributed by atoms with E-state index < -0.39 is 0 Å². The van der Waals surface area contributed by atoms with E-state index in [1.54, 1.807) is 13.1 Å². The first-order chi connectivity index (χ1) is 13.2. The van der Waals surface area contributed by atoms with Gasteiger partial charge in [-0.25, -0.2) is 9.97 Å². The Balaban J connectivity index is 2.24. The van der Waals surface area contributed by atoms with Crippen LogP contribution in [0.1, 0.15) is 44.1 Å². The number of allylic oxidation sites excluding steroid dienone is 2. The average molecular weight is 388 g/mol. The molecule has 0 aliphatic carbocycles. The molecule has 2 rings (SSSR count). The highest BCUT2D eigenvalue weighted by atomic mass is 16.1. The highest BCUT2D eigenvalue weighted by Crippen LogP contribution is 2.26. The standard InChI is InChI=1S/C20H33N7O/c1-12(2)15(18(22)20(28)23-4)11-16(21)25-17-10-13(3)24-19(26-17)14-6-8-27(5)9-7-14/h10-12,14H,6-9,21-22H2,1-5H3,(H,23,28)(H,24,25,26)/b16-11+,18-15+. The van der Waals surface area contributed by atoms with Crippen molar-refractivity contribution < 1.29 is 4.79 Å². The third-order valence-corrected chi connectivity index (χ3v) is 4.94. The molecule has 1 amide bonds. The Labute approximate surface area is 167 Å². The van der Waals surface area contributed by atoms with Crippen LogP contribution in [-0.4, -0.2) is 48.0 Å². The molecule has 0 unspecified atom stereocenters. The molecule has 2 heterocycles. The van der Waals surface area contributed by atoms with Gasteiger partial charge in [-0.2, -0.15) is 0 Å². The zero-order valence-electron chi connectivity index (χ0n) is 17.5. The van der Waals surface area contributed by atoms with Gasteiger partial charge in [-0.15, -0.1) is 0 Å². The fourth-order valence-electron chi connectivity index (χ4n) is 3.28. The molecule has 6 N–H and O–H groups in total. The summed E-state index contributed by atoms with van der Waals surface area (Å²) < 4.78 is 0. The molecule has 1 aliphatic rings. The second-order valence-corrected chi connectivity index (χ2v) is 7.66. The van der Waals surface area contributed by atoms with E-state index in [1.165, 1.54) is 0 Å². The number of aromatic nitrogens is 2. The highest BCUT2D eigenvalue weighted by molar-refractivity contribution is 5.93. The van der Waals surface area contributed by atoms with Gasteiger partial charge in [0.05, 0.1) is 0 Å². The molecule has 0 atom stereocenters. The Morgan fingerprint density at radius 3 is 2.50 bits per heavy atom. The van der Waals surface area contributed by atoms with E-state index in [2.05, 4.69) is 32.5 Å². The lowest BCUT2D eigenvalue weighted by Crippen LogP contribution is -2.30. The van der Waals surface area contributed by atoms with Crippen molar-refractivity contribution in [3.8, 4) is 0 Å². The first-order valence-electron chi connectivity index (χ1n) is 9.71. The summed E-state index contributed by atoms with van der Waals surface area (Å²) in [6.45, 7) is 7.97. The molecule has 28 heavy (non-hydrogen) atoms. The topological polar surface area (TPSA) is 122 Å². The normalized spacial score (nSPS) is 17.4. The minimum absolute atomic E-state index is 0.0413. The fraction of sp³-hybridized carbons (Fsp3) is 0.550. The summed E-state index contributed by atoms with van der Waals surface area (Å²) in [4.78, 5) is 23.5. The lowest BCUT2D eigenvalue weighted by atomic mass is 9.96. The Kier molecular flexibility index (Phi) is 7.39. The molecule has 0 spiro atoms. The second kappa shape index (κ2) is 9.54. The maximum absolute atomic E-state index is 11.9. The zero-order valence-corrected chi connectivity index (χ0v) is 17.5. The van der Waals surface area contributed by atoms with E-state index in [9.17, 15) is 4.79 Å². The molecule has 8 heteroatoms. The van der Waals surface area contributed by atoms with Gasteiger partial charge in [0, 0.05) is 24.7 Å². The highest BCUT2D eigenvalue weighted by Gasteiger charge is 2.21. The number of amides is 1. The van der Waals surface area contributed by atoms with Crippen molar-refractivity contribution in [2.75, 3.05) is 32.5 Å². The molecule has 8 nitrogen and oxygen atoms in total. The van der Waals surface area contributed by atoms with Gasteiger partial charge in [-0.3, -0.25) is 4.79 Å². The van der Waals surface area contributed by atoms with E-state index >= 15 is 0 Å². The molecule has 0 saturated carbocycles. The van der Waals surface area contributed by atoms with Crippen molar-refractivity contribution in [2.24, 2.45) is 17.4 Å². The van der Waals surface area contributed by atoms with Gasteiger partial charge in [-0.1, -0.05) is 13.8 Å². The first kappa shape index (κ1) is 21.7. The van der Waals surface area contributed by atoms with Gasteiger partial charge in [0.15, 0.2) is 0 Å². The number of nitrogens with one attached hydrogen (secondary N) is 2. The number of aryl methyl sites for hydroxylation is 1. The summed E-state index contributed by atoms with van der Waals surface area (Å²) in [7, 11) is 3.68. The number of nitrogens with two attached hydrogens (primary N) is 2. The number of rotatable bonds is 6. The van der Waals surface area contributed by atoms with Gasteiger partial charge in [0.2, 0.25) is 0 Å². The van der Waals surface area contributed by atoms with E-state index in [0.717, 1.165) is 37.4 Å². The predicted octanol–water partition coefficient (Wildman–Crippen LogP) is 1.42. The largest absolute Gasteiger partial charge is 0.394 e. The Morgan fingerprint density at radius 1 is 1.29 bits per heavy atom. The van der Waals surface area contributed by atoms with Gasteiger partial charge in [0.1, 0.15) is 23.2 Å². The summed E-state index contributed by atoms with van der Waals surface area (Å²) in [5.74, 6) is 1.96. The van der Waals surface area contributed by atoms with E-state index in [4.69, 9.17) is 11.5 Å². The quantitative estimate of drug-likeness (QED) is 0.430. The SMILES string of the molecule is CNC(=O)/C(N)=C(/C=C(\N)Nc1cc(C)nc(C2CCN(C)CC2)n1)C(C)C. The van der Waals surface area contributed by atoms with Crippen molar-refractivity contribution in [1.82, 2.24) is 20.2 Å². The van der Waals surface area contributed by atoms with Crippen molar-refractivity contribution in [3.05, 3.63) is 40.8 Å². The monoisotopic (exact) mass is 387 g/mol. The first-order valence-corrected chi connectivity index (χ1v) is 9.71. The van der Waals surface area contributed by atoms with Crippen LogP contribution in [-0.2, 0) is 4.79 Å². The zero-order chi connectivity index (χ0) is 20.8. The van der Waals surface area contributed by atoms with Crippen LogP contribution in [0.15, 0.2) is 29.2 Å². The average Bonchev–Trinajstić information content (AvgIpc) is 2.64. The fourth-order valence-corrected chi connectivity index (χ4v) is 3.28. The molecule has 1 aromatic heterocycles. The summed E-state index contributed by atoms with van der Waals surface area (Å²) in [6.07, 6.45) is 3.79.